The first kappa shape index (κ1) is 40.7. The first-order chi connectivity index (χ1) is 24.3. The van der Waals surface area contributed by atoms with E-state index in [1.807, 2.05) is 74.5 Å². The predicted octanol–water partition coefficient (Wildman–Crippen LogP) is 9.81. The van der Waals surface area contributed by atoms with Gasteiger partial charge in [0.15, 0.2) is 0 Å². The van der Waals surface area contributed by atoms with Gasteiger partial charge in [0.05, 0.1) is 22.7 Å². The Morgan fingerprint density at radius 1 is 0.365 bits per heavy atom. The first-order valence-electron chi connectivity index (χ1n) is 15.8. The number of aryl methyl sites for hydroxylation is 2. The molecule has 0 saturated heterocycles. The molecular weight excluding hydrogens is 734 g/mol. The molecule has 52 heavy (non-hydrogen) atoms. The largest absolute Gasteiger partial charge is 0.507 e. The van der Waals surface area contributed by atoms with E-state index >= 15 is 0 Å². The van der Waals surface area contributed by atoms with Gasteiger partial charge in [-0.15, -0.1) is 0 Å². The van der Waals surface area contributed by atoms with Crippen molar-refractivity contribution in [3.8, 4) is 23.0 Å². The van der Waals surface area contributed by atoms with Crippen molar-refractivity contribution in [2.75, 3.05) is 0 Å². The molecule has 6 rings (SSSR count). The molecular formula is C42H36Mn2N4O4. The number of aromatic hydroxyl groups is 4. The fraction of sp³-hybridized carbons (Fsp3) is 0.0476. The van der Waals surface area contributed by atoms with Crippen LogP contribution in [-0.4, -0.2) is 45.3 Å². The van der Waals surface area contributed by atoms with Gasteiger partial charge in [0, 0.05) is 81.2 Å². The van der Waals surface area contributed by atoms with Crippen molar-refractivity contribution in [2.45, 2.75) is 13.8 Å². The summed E-state index contributed by atoms with van der Waals surface area (Å²) >= 11 is 0. The van der Waals surface area contributed by atoms with Crippen LogP contribution in [0.15, 0.2) is 153 Å². The molecule has 262 valence electrons. The van der Waals surface area contributed by atoms with Crippen LogP contribution in [-0.2, 0) is 34.1 Å². The van der Waals surface area contributed by atoms with Crippen LogP contribution in [0.25, 0.3) is 0 Å². The number of benzene rings is 6. The zero-order valence-corrected chi connectivity index (χ0v) is 30.7. The number of rotatable bonds is 8. The van der Waals surface area contributed by atoms with Gasteiger partial charge in [-0.25, -0.2) is 0 Å². The summed E-state index contributed by atoms with van der Waals surface area (Å²) in [4.78, 5) is 17.7. The minimum Gasteiger partial charge on any atom is -0.507 e. The quantitative estimate of drug-likeness (QED) is 0.0907. The predicted molar refractivity (Wildman–Crippen MR) is 204 cm³/mol. The molecule has 10 heteroatoms. The number of hydrogen-bond donors (Lipinski definition) is 4. The van der Waals surface area contributed by atoms with E-state index in [1.54, 1.807) is 97.7 Å². The van der Waals surface area contributed by atoms with Gasteiger partial charge in [0.2, 0.25) is 0 Å². The summed E-state index contributed by atoms with van der Waals surface area (Å²) in [5.41, 5.74) is 7.66. The number of aliphatic imine (C=N–C) groups is 4. The maximum Gasteiger partial charge on any atom is 0.124 e. The molecule has 0 saturated carbocycles. The van der Waals surface area contributed by atoms with Gasteiger partial charge in [0.1, 0.15) is 23.0 Å². The molecule has 6 aromatic carbocycles. The second-order valence-electron chi connectivity index (χ2n) is 11.2. The molecule has 0 fully saturated rings. The minimum absolute atomic E-state index is 0. The van der Waals surface area contributed by atoms with Crippen LogP contribution in [0, 0.1) is 13.8 Å². The van der Waals surface area contributed by atoms with E-state index < -0.39 is 0 Å². The van der Waals surface area contributed by atoms with Crippen molar-refractivity contribution in [1.82, 2.24) is 0 Å². The summed E-state index contributed by atoms with van der Waals surface area (Å²) < 4.78 is 0. The summed E-state index contributed by atoms with van der Waals surface area (Å²) in [6.07, 6.45) is 6.51. The third-order valence-corrected chi connectivity index (χ3v) is 7.52. The van der Waals surface area contributed by atoms with Crippen molar-refractivity contribution in [3.63, 3.8) is 0 Å². The zero-order valence-electron chi connectivity index (χ0n) is 28.3. The minimum atomic E-state index is 0. The number of phenols is 4. The zero-order chi connectivity index (χ0) is 35.3. The summed E-state index contributed by atoms with van der Waals surface area (Å²) in [5, 5.41) is 39.2. The van der Waals surface area contributed by atoms with Crippen LogP contribution < -0.4 is 0 Å². The topological polar surface area (TPSA) is 130 Å². The van der Waals surface area contributed by atoms with Crippen LogP contribution in [0.4, 0.5) is 22.7 Å². The Bertz CT molecular complexity index is 2060. The van der Waals surface area contributed by atoms with Gasteiger partial charge < -0.3 is 20.4 Å². The molecule has 8 nitrogen and oxygen atoms in total. The van der Waals surface area contributed by atoms with E-state index in [0.717, 1.165) is 33.9 Å². The summed E-state index contributed by atoms with van der Waals surface area (Å²) in [7, 11) is 0. The fourth-order valence-corrected chi connectivity index (χ4v) is 4.59. The maximum absolute atomic E-state index is 9.81. The molecule has 0 aliphatic heterocycles. The number of phenolic OH excluding ortho intramolecular Hbond substituents is 4. The average Bonchev–Trinajstić information content (AvgIpc) is 3.12. The number of hydrogen-bond acceptors (Lipinski definition) is 8. The van der Waals surface area contributed by atoms with Gasteiger partial charge in [-0.2, -0.15) is 0 Å². The molecule has 0 amide bonds. The van der Waals surface area contributed by atoms with E-state index in [-0.39, 0.29) is 57.1 Å². The van der Waals surface area contributed by atoms with Crippen molar-refractivity contribution in [2.24, 2.45) is 20.0 Å². The molecule has 0 aliphatic carbocycles. The molecule has 0 spiro atoms. The fourth-order valence-electron chi connectivity index (χ4n) is 4.59. The van der Waals surface area contributed by atoms with Crippen LogP contribution in [0.1, 0.15) is 33.4 Å². The Balaban J connectivity index is 0.000000270. The second kappa shape index (κ2) is 20.2. The molecule has 0 bridgehead atoms. The van der Waals surface area contributed by atoms with Crippen LogP contribution >= 0.6 is 0 Å². The molecule has 0 heterocycles. The van der Waals surface area contributed by atoms with Crippen molar-refractivity contribution < 1.29 is 54.6 Å². The Kier molecular flexibility index (Phi) is 15.8. The molecule has 0 atom stereocenters. The van der Waals surface area contributed by atoms with Crippen molar-refractivity contribution in [3.05, 3.63) is 167 Å². The molecule has 4 N–H and O–H groups in total. The SMILES string of the molecule is Cc1ccc(N=Cc2ccccc2O)cc1N=Cc1ccccc1O.Cc1ccc(N=Cc2ccccc2O)cc1N=Cc1ccccc1O.[Mn].[Mn]. The summed E-state index contributed by atoms with van der Waals surface area (Å²) in [6, 6.07) is 39.5. The molecule has 0 aromatic heterocycles. The standard InChI is InChI=1S/2C21H18N2O2.2Mn/c2*1-15-10-11-18(22-13-16-6-2-4-8-20(16)24)12-19(15)23-14-17-7-3-5-9-21(17)25;;/h2*2-14,24-25H,1H3;;. The van der Waals surface area contributed by atoms with E-state index in [1.165, 1.54) is 0 Å². The third kappa shape index (κ3) is 11.7. The Morgan fingerprint density at radius 3 is 0.923 bits per heavy atom. The van der Waals surface area contributed by atoms with Gasteiger partial charge >= 0.3 is 0 Å². The summed E-state index contributed by atoms with van der Waals surface area (Å²) in [5.74, 6) is 0.766. The van der Waals surface area contributed by atoms with Crippen molar-refractivity contribution >= 4 is 47.6 Å². The van der Waals surface area contributed by atoms with Crippen LogP contribution in [0.2, 0.25) is 0 Å². The van der Waals surface area contributed by atoms with Gasteiger partial charge in [0.25, 0.3) is 0 Å². The molecule has 2 radical (unpaired) electrons. The van der Waals surface area contributed by atoms with Gasteiger partial charge in [-0.3, -0.25) is 20.0 Å². The summed E-state index contributed by atoms with van der Waals surface area (Å²) in [6.45, 7) is 3.93. The van der Waals surface area contributed by atoms with Gasteiger partial charge in [-0.1, -0.05) is 60.7 Å². The second-order valence-corrected chi connectivity index (χ2v) is 11.2. The monoisotopic (exact) mass is 770 g/mol. The van der Waals surface area contributed by atoms with E-state index in [9.17, 15) is 20.4 Å². The van der Waals surface area contributed by atoms with E-state index in [4.69, 9.17) is 0 Å². The molecule has 0 unspecified atom stereocenters. The Labute approximate surface area is 324 Å². The average molecular weight is 771 g/mol. The normalized spacial score (nSPS) is 11.0. The third-order valence-electron chi connectivity index (χ3n) is 7.52. The maximum atomic E-state index is 9.81. The van der Waals surface area contributed by atoms with Gasteiger partial charge in [-0.05, 0) is 97.8 Å². The molecule has 0 aliphatic rings. The van der Waals surface area contributed by atoms with Crippen LogP contribution in [0.3, 0.4) is 0 Å². The van der Waals surface area contributed by atoms with E-state index in [0.29, 0.717) is 22.3 Å². The number of nitrogens with zero attached hydrogens (tertiary/aromatic N) is 4. The van der Waals surface area contributed by atoms with E-state index in [2.05, 4.69) is 20.0 Å². The molecule has 6 aromatic rings. The smallest absolute Gasteiger partial charge is 0.124 e. The van der Waals surface area contributed by atoms with Crippen molar-refractivity contribution in [1.29, 1.82) is 0 Å². The Morgan fingerprint density at radius 2 is 0.635 bits per heavy atom. The first-order valence-corrected chi connectivity index (χ1v) is 15.8. The Hall–Kier alpha value is -5.76. The number of para-hydroxylation sites is 4. The van der Waals surface area contributed by atoms with Crippen LogP contribution in [0.5, 0.6) is 23.0 Å².